The fourth-order valence-corrected chi connectivity index (χ4v) is 1.10. The first-order valence-electron chi connectivity index (χ1n) is 5.44. The summed E-state index contributed by atoms with van der Waals surface area (Å²) in [6, 6.07) is 0. The lowest BCUT2D eigenvalue weighted by Gasteiger charge is -2.22. The van der Waals surface area contributed by atoms with Gasteiger partial charge in [-0.1, -0.05) is 13.8 Å². The molecule has 0 fully saturated rings. The lowest BCUT2D eigenvalue weighted by molar-refractivity contribution is -0.150. The fourth-order valence-electron chi connectivity index (χ4n) is 1.10. The average Bonchev–Trinajstić information content (AvgIpc) is 2.38. The normalized spacial score (nSPS) is 14.3. The molecule has 0 amide bonds. The van der Waals surface area contributed by atoms with Crippen LogP contribution in [0.3, 0.4) is 0 Å². The van der Waals surface area contributed by atoms with Crippen molar-refractivity contribution in [2.75, 3.05) is 0 Å². The van der Waals surface area contributed by atoms with E-state index in [9.17, 15) is 31.1 Å². The zero-order chi connectivity index (χ0) is 15.8. The summed E-state index contributed by atoms with van der Waals surface area (Å²) in [5.74, 6) is -16.1. The summed E-state index contributed by atoms with van der Waals surface area (Å²) >= 11 is 0. The maximum Gasteiger partial charge on any atom is 0.349 e. The molecule has 1 atom stereocenters. The van der Waals surface area contributed by atoms with Crippen molar-refractivity contribution in [1.29, 1.82) is 0 Å². The fraction of sp³-hybridized carbons (Fsp3) is 0.417. The lowest BCUT2D eigenvalue weighted by Crippen LogP contribution is -2.39. The molecule has 1 rings (SSSR count). The second-order valence-corrected chi connectivity index (χ2v) is 4.52. The van der Waals surface area contributed by atoms with Crippen molar-refractivity contribution in [2.24, 2.45) is 5.92 Å². The third-order valence-corrected chi connectivity index (χ3v) is 2.85. The molecule has 0 aliphatic carbocycles. The van der Waals surface area contributed by atoms with E-state index in [0.717, 1.165) is 6.92 Å². The highest BCUT2D eigenvalue weighted by Gasteiger charge is 2.40. The summed E-state index contributed by atoms with van der Waals surface area (Å²) in [5, 5.41) is 0. The van der Waals surface area contributed by atoms with E-state index in [0.29, 0.717) is 0 Å². The van der Waals surface area contributed by atoms with E-state index in [1.807, 2.05) is 0 Å². The summed E-state index contributed by atoms with van der Waals surface area (Å²) < 4.78 is 82.8. The molecule has 2 nitrogen and oxygen atoms in total. The van der Waals surface area contributed by atoms with E-state index in [-0.39, 0.29) is 0 Å². The maximum atomic E-state index is 13.9. The first-order valence-corrected chi connectivity index (χ1v) is 5.44. The minimum Gasteiger partial charge on any atom is -0.418 e. The highest BCUT2D eigenvalue weighted by atomic mass is 19.2. The number of halogens is 6. The Hall–Kier alpha value is -1.73. The maximum absolute atomic E-state index is 13.9. The number of ether oxygens (including phenoxy) is 1. The molecule has 0 unspecified atom stereocenters. The number of benzene rings is 1. The molecule has 8 heteroatoms. The molecular weight excluding hydrogens is 290 g/mol. The zero-order valence-corrected chi connectivity index (χ0v) is 10.7. The molecule has 0 radical (unpaired) electrons. The second kappa shape index (κ2) is 5.34. The van der Waals surface area contributed by atoms with Gasteiger partial charge in [0.1, 0.15) is 0 Å². The van der Waals surface area contributed by atoms with E-state index < -0.39 is 52.4 Å². The van der Waals surface area contributed by atoms with Gasteiger partial charge in [-0.3, -0.25) is 0 Å². The van der Waals surface area contributed by atoms with Crippen LogP contribution in [0.25, 0.3) is 0 Å². The van der Waals surface area contributed by atoms with Crippen LogP contribution in [-0.4, -0.2) is 11.6 Å². The van der Waals surface area contributed by atoms with Crippen LogP contribution in [0.4, 0.5) is 26.3 Å². The first kappa shape index (κ1) is 16.3. The number of hydrogen-bond acceptors (Lipinski definition) is 2. The molecule has 0 spiro atoms. The number of hydrogen-bond donors (Lipinski definition) is 0. The Bertz CT molecular complexity index is 524. The summed E-state index contributed by atoms with van der Waals surface area (Å²) in [6.45, 7) is 3.33. The largest absolute Gasteiger partial charge is 0.418 e. The Morgan fingerprint density at radius 3 is 1.65 bits per heavy atom. The zero-order valence-electron chi connectivity index (χ0n) is 10.7. The van der Waals surface area contributed by atoms with Gasteiger partial charge in [0.25, 0.3) is 0 Å². The number of carbonyl (C=O) groups excluding carboxylic acids is 1. The molecule has 0 saturated heterocycles. The summed E-state index contributed by atoms with van der Waals surface area (Å²) in [4.78, 5) is 11.4. The third-order valence-electron chi connectivity index (χ3n) is 2.85. The van der Waals surface area contributed by atoms with Gasteiger partial charge in [0.2, 0.25) is 40.5 Å². The van der Waals surface area contributed by atoms with Gasteiger partial charge in [-0.15, -0.1) is 0 Å². The highest BCUT2D eigenvalue weighted by molar-refractivity contribution is 5.81. The molecule has 1 aromatic carbocycles. The second-order valence-electron chi connectivity index (χ2n) is 4.52. The van der Waals surface area contributed by atoms with Crippen LogP contribution in [-0.2, 0) is 4.79 Å². The van der Waals surface area contributed by atoms with Crippen molar-refractivity contribution >= 4 is 5.97 Å². The molecule has 0 aromatic heterocycles. The Morgan fingerprint density at radius 2 is 1.30 bits per heavy atom. The molecule has 0 N–H and O–H groups in total. The van der Waals surface area contributed by atoms with Crippen molar-refractivity contribution in [1.82, 2.24) is 0 Å². The molecule has 0 bridgehead atoms. The van der Waals surface area contributed by atoms with Crippen LogP contribution >= 0.6 is 0 Å². The molecule has 20 heavy (non-hydrogen) atoms. The quantitative estimate of drug-likeness (QED) is 0.280. The van der Waals surface area contributed by atoms with Crippen LogP contribution in [0.15, 0.2) is 0 Å². The summed E-state index contributed by atoms with van der Waals surface area (Å²) in [6.07, 6.45) is 0. The van der Waals surface area contributed by atoms with Crippen molar-refractivity contribution in [3.63, 3.8) is 0 Å². The molecule has 0 aliphatic heterocycles. The highest BCUT2D eigenvalue weighted by Crippen LogP contribution is 2.31. The lowest BCUT2D eigenvalue weighted by atomic mass is 9.95. The van der Waals surface area contributed by atoms with Gasteiger partial charge in [-0.2, -0.15) is 8.78 Å². The number of rotatable bonds is 3. The van der Waals surface area contributed by atoms with E-state index in [1.54, 1.807) is 0 Å². The Balaban J connectivity index is 3.27. The smallest absolute Gasteiger partial charge is 0.349 e. The Morgan fingerprint density at radius 1 is 0.950 bits per heavy atom. The first-order chi connectivity index (χ1) is 9.01. The van der Waals surface area contributed by atoms with Crippen LogP contribution < -0.4 is 4.74 Å². The number of esters is 1. The number of alkyl halides is 1. The topological polar surface area (TPSA) is 26.3 Å². The summed E-state index contributed by atoms with van der Waals surface area (Å²) in [7, 11) is 0. The van der Waals surface area contributed by atoms with E-state index in [2.05, 4.69) is 4.74 Å². The van der Waals surface area contributed by atoms with Crippen molar-refractivity contribution in [3.8, 4) is 5.75 Å². The molecule has 0 saturated carbocycles. The van der Waals surface area contributed by atoms with Gasteiger partial charge < -0.3 is 4.74 Å². The van der Waals surface area contributed by atoms with Crippen LogP contribution in [0, 0.1) is 35.0 Å². The Kier molecular flexibility index (Phi) is 4.36. The van der Waals surface area contributed by atoms with Crippen LogP contribution in [0.5, 0.6) is 5.75 Å². The van der Waals surface area contributed by atoms with Crippen LogP contribution in [0.1, 0.15) is 20.8 Å². The van der Waals surface area contributed by atoms with Crippen molar-refractivity contribution in [2.45, 2.75) is 26.4 Å². The van der Waals surface area contributed by atoms with Gasteiger partial charge in [0.05, 0.1) is 0 Å². The molecular formula is C12H10F6O2. The molecule has 1 aromatic rings. The summed E-state index contributed by atoms with van der Waals surface area (Å²) in [5.41, 5.74) is -2.65. The average molecular weight is 300 g/mol. The minimum absolute atomic E-state index is 0.770. The van der Waals surface area contributed by atoms with E-state index >= 15 is 0 Å². The molecule has 0 heterocycles. The molecule has 112 valence electrons. The standard InChI is InChI=1S/C12H10F6O2/c1-4(2)12(3,18)11(19)20-10-8(16)6(14)5(13)7(15)9(10)17/h4H,1-3H3/t12-/m0/s1. The van der Waals surface area contributed by atoms with Crippen molar-refractivity contribution in [3.05, 3.63) is 29.1 Å². The van der Waals surface area contributed by atoms with Gasteiger partial charge in [0, 0.05) is 0 Å². The van der Waals surface area contributed by atoms with Crippen molar-refractivity contribution < 1.29 is 35.9 Å². The number of carbonyl (C=O) groups is 1. The van der Waals surface area contributed by atoms with E-state index in [4.69, 9.17) is 0 Å². The predicted octanol–water partition coefficient (Wildman–Crippen LogP) is 3.67. The van der Waals surface area contributed by atoms with Gasteiger partial charge >= 0.3 is 5.97 Å². The SMILES string of the molecule is CC(C)[C@](C)(F)C(=O)Oc1c(F)c(F)c(F)c(F)c1F. The van der Waals surface area contributed by atoms with Gasteiger partial charge in [-0.25, -0.2) is 22.4 Å². The monoisotopic (exact) mass is 300 g/mol. The minimum atomic E-state index is -2.65. The van der Waals surface area contributed by atoms with Crippen LogP contribution in [0.2, 0.25) is 0 Å². The Labute approximate surface area is 110 Å². The van der Waals surface area contributed by atoms with Gasteiger partial charge in [0.15, 0.2) is 0 Å². The van der Waals surface area contributed by atoms with Gasteiger partial charge in [-0.05, 0) is 12.8 Å². The third kappa shape index (κ3) is 2.59. The van der Waals surface area contributed by atoms with E-state index in [1.165, 1.54) is 13.8 Å². The predicted molar refractivity (Wildman–Crippen MR) is 56.2 cm³/mol. The molecule has 0 aliphatic rings.